The van der Waals surface area contributed by atoms with Crippen molar-refractivity contribution in [2.45, 2.75) is 13.5 Å². The molecule has 2 N–H and O–H groups in total. The first-order valence-corrected chi connectivity index (χ1v) is 5.36. The second kappa shape index (κ2) is 7.36. The first-order valence-electron chi connectivity index (χ1n) is 5.36. The number of nitrogens with one attached hydrogen (secondary N) is 2. The Balaban J connectivity index is 2.54. The van der Waals surface area contributed by atoms with Crippen LogP contribution in [0, 0.1) is 12.3 Å². The summed E-state index contributed by atoms with van der Waals surface area (Å²) in [6.45, 7) is 3.99. The SMILES string of the molecule is C#CCNC(=NCc1ccccc1)NCC. The summed E-state index contributed by atoms with van der Waals surface area (Å²) in [5.74, 6) is 3.28. The van der Waals surface area contributed by atoms with Crippen LogP contribution in [0.4, 0.5) is 0 Å². The van der Waals surface area contributed by atoms with Gasteiger partial charge in [-0.2, -0.15) is 0 Å². The van der Waals surface area contributed by atoms with E-state index in [1.54, 1.807) is 0 Å². The van der Waals surface area contributed by atoms with Gasteiger partial charge in [-0.3, -0.25) is 0 Å². The maximum atomic E-state index is 5.18. The number of rotatable bonds is 4. The highest BCUT2D eigenvalue weighted by Gasteiger charge is 1.94. The first kappa shape index (κ1) is 12.1. The highest BCUT2D eigenvalue weighted by atomic mass is 15.2. The van der Waals surface area contributed by atoms with Gasteiger partial charge in [0, 0.05) is 6.54 Å². The minimum absolute atomic E-state index is 0.487. The molecule has 3 heteroatoms. The Morgan fingerprint density at radius 2 is 2.06 bits per heavy atom. The van der Waals surface area contributed by atoms with Crippen molar-refractivity contribution in [3.8, 4) is 12.3 Å². The van der Waals surface area contributed by atoms with E-state index >= 15 is 0 Å². The number of nitrogens with zero attached hydrogens (tertiary/aromatic N) is 1. The summed E-state index contributed by atoms with van der Waals surface area (Å²) in [6.07, 6.45) is 5.18. The Hall–Kier alpha value is -1.95. The summed E-state index contributed by atoms with van der Waals surface area (Å²) in [7, 11) is 0. The zero-order chi connectivity index (χ0) is 11.6. The van der Waals surface area contributed by atoms with Gasteiger partial charge in [0.05, 0.1) is 13.1 Å². The van der Waals surface area contributed by atoms with Crippen LogP contribution < -0.4 is 10.6 Å². The van der Waals surface area contributed by atoms with E-state index in [4.69, 9.17) is 6.42 Å². The highest BCUT2D eigenvalue weighted by Crippen LogP contribution is 1.99. The molecule has 0 radical (unpaired) electrons. The zero-order valence-electron chi connectivity index (χ0n) is 9.53. The lowest BCUT2D eigenvalue weighted by molar-refractivity contribution is 0.865. The Kier molecular flexibility index (Phi) is 5.57. The summed E-state index contributed by atoms with van der Waals surface area (Å²) in [4.78, 5) is 4.42. The van der Waals surface area contributed by atoms with Crippen molar-refractivity contribution in [1.29, 1.82) is 0 Å². The van der Waals surface area contributed by atoms with Crippen molar-refractivity contribution in [2.24, 2.45) is 4.99 Å². The van der Waals surface area contributed by atoms with Crippen LogP contribution in [-0.2, 0) is 6.54 Å². The molecule has 0 fully saturated rings. The van der Waals surface area contributed by atoms with Gasteiger partial charge in [0.2, 0.25) is 0 Å². The Bertz CT molecular complexity index is 363. The van der Waals surface area contributed by atoms with Crippen LogP contribution in [0.15, 0.2) is 35.3 Å². The number of guanidine groups is 1. The molecule has 0 unspecified atom stereocenters. The van der Waals surface area contributed by atoms with Crippen LogP contribution >= 0.6 is 0 Å². The van der Waals surface area contributed by atoms with Crippen molar-refractivity contribution < 1.29 is 0 Å². The molecule has 16 heavy (non-hydrogen) atoms. The number of aliphatic imine (C=N–C) groups is 1. The standard InChI is InChI=1S/C13H17N3/c1-3-10-15-13(14-4-2)16-11-12-8-6-5-7-9-12/h1,5-9H,4,10-11H2,2H3,(H2,14,15,16). The quantitative estimate of drug-likeness (QED) is 0.452. The van der Waals surface area contributed by atoms with Gasteiger partial charge >= 0.3 is 0 Å². The predicted octanol–water partition coefficient (Wildman–Crippen LogP) is 1.37. The van der Waals surface area contributed by atoms with Crippen LogP contribution in [0.3, 0.4) is 0 Å². The molecule has 1 rings (SSSR count). The maximum Gasteiger partial charge on any atom is 0.192 e. The summed E-state index contributed by atoms with van der Waals surface area (Å²) >= 11 is 0. The van der Waals surface area contributed by atoms with Gasteiger partial charge in [0.1, 0.15) is 0 Å². The minimum Gasteiger partial charge on any atom is -0.357 e. The van der Waals surface area contributed by atoms with Crippen LogP contribution in [-0.4, -0.2) is 19.0 Å². The fourth-order valence-corrected chi connectivity index (χ4v) is 1.23. The van der Waals surface area contributed by atoms with Crippen LogP contribution in [0.2, 0.25) is 0 Å². The molecule has 84 valence electrons. The van der Waals surface area contributed by atoms with Crippen molar-refractivity contribution in [3.63, 3.8) is 0 Å². The molecule has 0 aromatic heterocycles. The number of terminal acetylenes is 1. The molecular formula is C13H17N3. The highest BCUT2D eigenvalue weighted by molar-refractivity contribution is 5.79. The fourth-order valence-electron chi connectivity index (χ4n) is 1.23. The lowest BCUT2D eigenvalue weighted by Gasteiger charge is -2.08. The molecule has 0 aliphatic rings. The largest absolute Gasteiger partial charge is 0.357 e. The summed E-state index contributed by atoms with van der Waals surface area (Å²) in [5.41, 5.74) is 1.18. The van der Waals surface area contributed by atoms with E-state index < -0.39 is 0 Å². The van der Waals surface area contributed by atoms with Crippen LogP contribution in [0.5, 0.6) is 0 Å². The third kappa shape index (κ3) is 4.52. The zero-order valence-corrected chi connectivity index (χ0v) is 9.53. The maximum absolute atomic E-state index is 5.18. The molecule has 0 aliphatic carbocycles. The van der Waals surface area contributed by atoms with Crippen molar-refractivity contribution in [2.75, 3.05) is 13.1 Å². The van der Waals surface area contributed by atoms with Crippen LogP contribution in [0.1, 0.15) is 12.5 Å². The molecular weight excluding hydrogens is 198 g/mol. The molecule has 1 aromatic carbocycles. The molecule has 1 aromatic rings. The molecule has 0 spiro atoms. The van der Waals surface area contributed by atoms with Gasteiger partial charge in [-0.25, -0.2) is 4.99 Å². The van der Waals surface area contributed by atoms with E-state index in [1.807, 2.05) is 37.3 Å². The summed E-state index contributed by atoms with van der Waals surface area (Å²) in [5, 5.41) is 6.17. The van der Waals surface area contributed by atoms with E-state index in [2.05, 4.69) is 21.5 Å². The Morgan fingerprint density at radius 3 is 2.69 bits per heavy atom. The van der Waals surface area contributed by atoms with E-state index in [9.17, 15) is 0 Å². The van der Waals surface area contributed by atoms with Crippen molar-refractivity contribution >= 4 is 5.96 Å². The van der Waals surface area contributed by atoms with Gasteiger partial charge in [-0.15, -0.1) is 6.42 Å². The van der Waals surface area contributed by atoms with Gasteiger partial charge in [-0.05, 0) is 12.5 Å². The van der Waals surface area contributed by atoms with E-state index in [0.717, 1.165) is 12.5 Å². The average Bonchev–Trinajstić information content (AvgIpc) is 2.34. The first-order chi connectivity index (χ1) is 7.86. The predicted molar refractivity (Wildman–Crippen MR) is 68.1 cm³/mol. The normalized spacial score (nSPS) is 10.6. The third-order valence-corrected chi connectivity index (χ3v) is 1.96. The minimum atomic E-state index is 0.487. The lowest BCUT2D eigenvalue weighted by atomic mass is 10.2. The van der Waals surface area contributed by atoms with Crippen molar-refractivity contribution in [3.05, 3.63) is 35.9 Å². The molecule has 0 atom stereocenters. The van der Waals surface area contributed by atoms with Gasteiger partial charge in [0.15, 0.2) is 5.96 Å². The van der Waals surface area contributed by atoms with Crippen LogP contribution in [0.25, 0.3) is 0 Å². The summed E-state index contributed by atoms with van der Waals surface area (Å²) in [6, 6.07) is 10.1. The Labute approximate surface area is 97.0 Å². The number of hydrogen-bond donors (Lipinski definition) is 2. The monoisotopic (exact) mass is 215 g/mol. The molecule has 0 bridgehead atoms. The van der Waals surface area contributed by atoms with Crippen molar-refractivity contribution in [1.82, 2.24) is 10.6 Å². The third-order valence-electron chi connectivity index (χ3n) is 1.96. The molecule has 0 saturated carbocycles. The topological polar surface area (TPSA) is 36.4 Å². The number of hydrogen-bond acceptors (Lipinski definition) is 1. The number of benzene rings is 1. The smallest absolute Gasteiger partial charge is 0.192 e. The molecule has 3 nitrogen and oxygen atoms in total. The lowest BCUT2D eigenvalue weighted by Crippen LogP contribution is -2.37. The van der Waals surface area contributed by atoms with E-state index in [1.165, 1.54) is 5.56 Å². The molecule has 0 heterocycles. The fraction of sp³-hybridized carbons (Fsp3) is 0.308. The average molecular weight is 215 g/mol. The Morgan fingerprint density at radius 1 is 1.31 bits per heavy atom. The molecule has 0 amide bonds. The van der Waals surface area contributed by atoms with E-state index in [0.29, 0.717) is 13.1 Å². The van der Waals surface area contributed by atoms with E-state index in [-0.39, 0.29) is 0 Å². The second-order valence-corrected chi connectivity index (χ2v) is 3.24. The molecule has 0 aliphatic heterocycles. The summed E-state index contributed by atoms with van der Waals surface area (Å²) < 4.78 is 0. The van der Waals surface area contributed by atoms with Gasteiger partial charge < -0.3 is 10.6 Å². The van der Waals surface area contributed by atoms with Gasteiger partial charge in [0.25, 0.3) is 0 Å². The second-order valence-electron chi connectivity index (χ2n) is 3.24. The van der Waals surface area contributed by atoms with Gasteiger partial charge in [-0.1, -0.05) is 36.3 Å². The molecule has 0 saturated heterocycles.